The fraction of sp³-hybridized carbons (Fsp3) is 0.343. The zero-order valence-corrected chi connectivity index (χ0v) is 25.3. The van der Waals surface area contributed by atoms with Crippen molar-refractivity contribution in [2.45, 2.75) is 36.9 Å². The summed E-state index contributed by atoms with van der Waals surface area (Å²) in [6.45, 7) is 3.18. The fourth-order valence-corrected chi connectivity index (χ4v) is 7.78. The van der Waals surface area contributed by atoms with Gasteiger partial charge in [-0.2, -0.15) is 9.97 Å². The molecule has 2 unspecified atom stereocenters. The number of aromatic nitrogens is 2. The molecule has 8 nitrogen and oxygen atoms in total. The molecule has 8 rings (SSSR count). The van der Waals surface area contributed by atoms with E-state index in [-0.39, 0.29) is 56.7 Å². The van der Waals surface area contributed by atoms with Crippen molar-refractivity contribution in [3.05, 3.63) is 65.5 Å². The third-order valence-corrected chi connectivity index (χ3v) is 9.92. The lowest BCUT2D eigenvalue weighted by Gasteiger charge is -2.35. The van der Waals surface area contributed by atoms with Crippen LogP contribution in [-0.4, -0.2) is 78.0 Å². The molecule has 4 aliphatic heterocycles. The largest absolute Gasteiger partial charge is 0.461 e. The average molecular weight is 624 g/mol. The van der Waals surface area contributed by atoms with Crippen LogP contribution in [0.25, 0.3) is 32.8 Å². The minimum Gasteiger partial charge on any atom is -0.461 e. The van der Waals surface area contributed by atoms with Gasteiger partial charge in [-0.3, -0.25) is 9.89 Å². The lowest BCUT2D eigenvalue weighted by atomic mass is 9.92. The van der Waals surface area contributed by atoms with Crippen molar-refractivity contribution in [3.63, 3.8) is 0 Å². The summed E-state index contributed by atoms with van der Waals surface area (Å²) < 4.78 is 54.4. The number of fused-ring (bicyclic) bond motifs is 5. The Balaban J connectivity index is 1.30. The van der Waals surface area contributed by atoms with E-state index in [2.05, 4.69) is 38.3 Å². The molecule has 1 aromatic heterocycles. The second-order valence-electron chi connectivity index (χ2n) is 12.7. The average Bonchev–Trinajstić information content (AvgIpc) is 3.71. The second-order valence-corrected chi connectivity index (χ2v) is 12.7. The molecule has 4 aliphatic rings. The monoisotopic (exact) mass is 623 g/mol. The van der Waals surface area contributed by atoms with Crippen molar-refractivity contribution < 1.29 is 17.9 Å². The molecule has 0 aliphatic carbocycles. The van der Waals surface area contributed by atoms with Crippen molar-refractivity contribution >= 4 is 38.9 Å². The highest BCUT2D eigenvalue weighted by atomic mass is 19.1. The number of nitrogens with two attached hydrogens (primary N) is 1. The number of piperazine rings is 1. The number of terminal acetylenes is 1. The normalized spacial score (nSPS) is 24.8. The lowest BCUT2D eigenvalue weighted by molar-refractivity contribution is 0.108. The summed E-state index contributed by atoms with van der Waals surface area (Å²) in [4.78, 5) is 18.2. The maximum absolute atomic E-state index is 16.9. The number of ether oxygens (including phenoxy) is 1. The first-order valence-corrected chi connectivity index (χ1v) is 15.5. The van der Waals surface area contributed by atoms with E-state index in [0.29, 0.717) is 30.9 Å². The zero-order chi connectivity index (χ0) is 31.7. The van der Waals surface area contributed by atoms with E-state index in [1.54, 1.807) is 6.07 Å². The molecule has 0 amide bonds. The van der Waals surface area contributed by atoms with Crippen LogP contribution < -0.4 is 20.7 Å². The smallest absolute Gasteiger partial charge is 0.319 e. The number of nitrogens with one attached hydrogen (secondary N) is 1. The van der Waals surface area contributed by atoms with E-state index in [4.69, 9.17) is 21.9 Å². The van der Waals surface area contributed by atoms with E-state index >= 15 is 8.78 Å². The second kappa shape index (κ2) is 10.7. The molecule has 3 saturated heterocycles. The molecule has 11 heteroatoms. The minimum atomic E-state index is -0.930. The number of hydrogen-bond acceptors (Lipinski definition) is 8. The fourth-order valence-electron chi connectivity index (χ4n) is 7.78. The minimum absolute atomic E-state index is 0.00806. The van der Waals surface area contributed by atoms with Crippen LogP contribution in [0.4, 0.5) is 24.7 Å². The van der Waals surface area contributed by atoms with Crippen molar-refractivity contribution in [1.82, 2.24) is 20.2 Å². The Morgan fingerprint density at radius 1 is 1.13 bits per heavy atom. The van der Waals surface area contributed by atoms with Gasteiger partial charge in [-0.25, -0.2) is 13.2 Å². The molecule has 5 heterocycles. The van der Waals surface area contributed by atoms with E-state index in [0.717, 1.165) is 38.1 Å². The number of anilines is 2. The summed E-state index contributed by atoms with van der Waals surface area (Å²) in [6, 6.07) is 7.12. The Morgan fingerprint density at radius 3 is 2.70 bits per heavy atom. The Kier molecular flexibility index (Phi) is 6.70. The van der Waals surface area contributed by atoms with Gasteiger partial charge in [0.1, 0.15) is 29.6 Å². The van der Waals surface area contributed by atoms with Crippen LogP contribution in [0.2, 0.25) is 0 Å². The van der Waals surface area contributed by atoms with Crippen LogP contribution in [-0.2, 0) is 0 Å². The maximum atomic E-state index is 16.9. The molecule has 3 N–H and O–H groups in total. The number of aliphatic imine (C=N–C) groups is 1. The molecule has 2 bridgehead atoms. The molecule has 3 atom stereocenters. The summed E-state index contributed by atoms with van der Waals surface area (Å²) >= 11 is 0. The van der Waals surface area contributed by atoms with Crippen molar-refractivity contribution in [1.29, 1.82) is 0 Å². The third kappa shape index (κ3) is 4.50. The molecule has 46 heavy (non-hydrogen) atoms. The summed E-state index contributed by atoms with van der Waals surface area (Å²) in [5, 5.41) is 4.36. The van der Waals surface area contributed by atoms with Crippen LogP contribution in [0.1, 0.15) is 24.8 Å². The van der Waals surface area contributed by atoms with Crippen LogP contribution in [0, 0.1) is 29.8 Å². The number of rotatable bonds is 5. The van der Waals surface area contributed by atoms with Gasteiger partial charge in [-0.1, -0.05) is 24.1 Å². The first-order chi connectivity index (χ1) is 22.3. The molecule has 3 fully saturated rings. The molecular weight excluding hydrogens is 591 g/mol. The zero-order valence-electron chi connectivity index (χ0n) is 25.3. The summed E-state index contributed by atoms with van der Waals surface area (Å²) in [5.41, 5.74) is 6.76. The van der Waals surface area contributed by atoms with Crippen molar-refractivity contribution in [2.24, 2.45) is 4.99 Å². The van der Waals surface area contributed by atoms with Crippen molar-refractivity contribution in [2.75, 3.05) is 50.5 Å². The summed E-state index contributed by atoms with van der Waals surface area (Å²) in [7, 11) is 1.81. The molecular formula is C35H32F3N7O. The highest BCUT2D eigenvalue weighted by Crippen LogP contribution is 2.42. The van der Waals surface area contributed by atoms with Crippen LogP contribution in [0.5, 0.6) is 6.01 Å². The van der Waals surface area contributed by atoms with Gasteiger partial charge in [0.15, 0.2) is 5.82 Å². The van der Waals surface area contributed by atoms with E-state index in [9.17, 15) is 4.39 Å². The Morgan fingerprint density at radius 2 is 1.93 bits per heavy atom. The quantitative estimate of drug-likeness (QED) is 0.187. The van der Waals surface area contributed by atoms with E-state index in [1.807, 2.05) is 11.9 Å². The van der Waals surface area contributed by atoms with E-state index < -0.39 is 23.0 Å². The van der Waals surface area contributed by atoms with Gasteiger partial charge in [-0.05, 0) is 54.6 Å². The number of nitrogens with zero attached hydrogens (tertiary/aromatic N) is 5. The summed E-state index contributed by atoms with van der Waals surface area (Å²) in [5.74, 6) is 0.273. The molecule has 3 aromatic carbocycles. The number of hydrogen-bond donors (Lipinski definition) is 2. The Hall–Kier alpha value is -4.66. The highest BCUT2D eigenvalue weighted by Gasteiger charge is 2.47. The van der Waals surface area contributed by atoms with Gasteiger partial charge in [0.25, 0.3) is 0 Å². The Labute approximate surface area is 264 Å². The van der Waals surface area contributed by atoms with Gasteiger partial charge in [0.05, 0.1) is 16.7 Å². The van der Waals surface area contributed by atoms with E-state index in [1.165, 1.54) is 24.3 Å². The number of benzene rings is 3. The molecule has 0 radical (unpaired) electrons. The van der Waals surface area contributed by atoms with Gasteiger partial charge in [-0.15, -0.1) is 6.42 Å². The van der Waals surface area contributed by atoms with Crippen LogP contribution in [0.3, 0.4) is 0 Å². The van der Waals surface area contributed by atoms with Gasteiger partial charge >= 0.3 is 6.01 Å². The molecule has 4 aromatic rings. The topological polar surface area (TPSA) is 91.9 Å². The highest BCUT2D eigenvalue weighted by molar-refractivity contribution is 6.05. The number of halogens is 3. The van der Waals surface area contributed by atoms with Gasteiger partial charge in [0.2, 0.25) is 0 Å². The lowest BCUT2D eigenvalue weighted by Crippen LogP contribution is -2.52. The van der Waals surface area contributed by atoms with Crippen molar-refractivity contribution in [3.8, 4) is 29.5 Å². The first-order valence-electron chi connectivity index (χ1n) is 15.5. The number of nitrogen functional groups attached to an aromatic ring is 1. The predicted molar refractivity (Wildman–Crippen MR) is 174 cm³/mol. The van der Waals surface area contributed by atoms with Crippen LogP contribution in [0.15, 0.2) is 47.5 Å². The first kappa shape index (κ1) is 28.8. The predicted octanol–water partition coefficient (Wildman–Crippen LogP) is 4.84. The SMILES string of the molecule is C#Cc1c(F)ccc2cc(N)cc(-c3c(F)cc4c(N5CC6C=CC(C5)N6)nc(OC[C@@]56CCCN5CC(=NC)C6)nc4c3F)c12. The Bertz CT molecular complexity index is 2030. The van der Waals surface area contributed by atoms with Crippen LogP contribution >= 0.6 is 0 Å². The standard InChI is InChI=1S/C35H32F3N7O/c1-3-24-27(36)8-5-19-11-20(39)12-25(29(19)24)30-28(37)13-26-32(31(30)38)42-34(43-33(26)44-15-21-6-7-22(16-44)41-21)46-18-35-9-4-10-45(35)17-23(14-35)40-2/h1,5-8,11-13,21-22,41H,4,9-10,14-18,39H2,2H3/t21?,22?,35-/m0/s1. The molecule has 0 saturated carbocycles. The van der Waals surface area contributed by atoms with Gasteiger partial charge < -0.3 is 20.7 Å². The van der Waals surface area contributed by atoms with Gasteiger partial charge in [0, 0.05) is 67.4 Å². The molecule has 0 spiro atoms. The maximum Gasteiger partial charge on any atom is 0.319 e. The summed E-state index contributed by atoms with van der Waals surface area (Å²) in [6.07, 6.45) is 12.7. The third-order valence-electron chi connectivity index (χ3n) is 9.92. The molecule has 234 valence electrons.